The maximum atomic E-state index is 11.8. The van der Waals surface area contributed by atoms with Crippen LogP contribution in [0, 0.1) is 0 Å². The van der Waals surface area contributed by atoms with Crippen molar-refractivity contribution >= 4 is 33.2 Å². The summed E-state index contributed by atoms with van der Waals surface area (Å²) in [7, 11) is -3.64. The first-order valence-electron chi connectivity index (χ1n) is 6.38. The third kappa shape index (κ3) is 2.58. The number of sulfonamides is 1. The van der Waals surface area contributed by atoms with E-state index < -0.39 is 20.7 Å². The van der Waals surface area contributed by atoms with Crippen LogP contribution in [0.1, 0.15) is 20.3 Å². The monoisotopic (exact) mass is 311 g/mol. The van der Waals surface area contributed by atoms with Gasteiger partial charge in [-0.3, -0.25) is 9.59 Å². The van der Waals surface area contributed by atoms with Crippen LogP contribution in [0.4, 0.5) is 11.4 Å². The quantitative estimate of drug-likeness (QED) is 0.789. The summed E-state index contributed by atoms with van der Waals surface area (Å²) in [6.07, 6.45) is -0.0918. The molecule has 0 aliphatic carbocycles. The van der Waals surface area contributed by atoms with Crippen LogP contribution in [-0.2, 0) is 19.6 Å². The van der Waals surface area contributed by atoms with E-state index in [1.165, 1.54) is 13.8 Å². The standard InChI is InChI=1S/C13H17N3O4S/c1-13(2)12(18)16(21(13,19)20)8-7-11(17)15-10-5-3-9(14)4-6-10/h3-6H,7-8,14H2,1-2H3,(H,15,17). The van der Waals surface area contributed by atoms with E-state index in [2.05, 4.69) is 5.32 Å². The molecule has 114 valence electrons. The highest BCUT2D eigenvalue weighted by Crippen LogP contribution is 2.34. The molecule has 0 radical (unpaired) electrons. The summed E-state index contributed by atoms with van der Waals surface area (Å²) in [4.78, 5) is 23.5. The van der Waals surface area contributed by atoms with Gasteiger partial charge in [0.15, 0.2) is 4.75 Å². The zero-order chi connectivity index (χ0) is 15.8. The number of anilines is 2. The molecule has 21 heavy (non-hydrogen) atoms. The number of nitrogens with two attached hydrogens (primary N) is 1. The third-order valence-corrected chi connectivity index (χ3v) is 5.81. The summed E-state index contributed by atoms with van der Waals surface area (Å²) in [5.74, 6) is -0.852. The molecule has 3 N–H and O–H groups in total. The Morgan fingerprint density at radius 3 is 2.38 bits per heavy atom. The average molecular weight is 311 g/mol. The minimum absolute atomic E-state index is 0.0918. The molecule has 8 heteroatoms. The Bertz CT molecular complexity index is 680. The molecular formula is C13H17N3O4S. The Morgan fingerprint density at radius 2 is 1.86 bits per heavy atom. The van der Waals surface area contributed by atoms with Crippen molar-refractivity contribution in [1.29, 1.82) is 0 Å². The van der Waals surface area contributed by atoms with Crippen LogP contribution in [0.2, 0.25) is 0 Å². The van der Waals surface area contributed by atoms with Crippen LogP contribution in [0.5, 0.6) is 0 Å². The molecule has 1 aliphatic heterocycles. The Balaban J connectivity index is 1.91. The summed E-state index contributed by atoms with van der Waals surface area (Å²) >= 11 is 0. The number of rotatable bonds is 4. The van der Waals surface area contributed by atoms with E-state index >= 15 is 0 Å². The number of carbonyl (C=O) groups excluding carboxylic acids is 2. The van der Waals surface area contributed by atoms with Gasteiger partial charge in [0.1, 0.15) is 0 Å². The molecular weight excluding hydrogens is 294 g/mol. The van der Waals surface area contributed by atoms with Gasteiger partial charge in [-0.2, -0.15) is 0 Å². The lowest BCUT2D eigenvalue weighted by Gasteiger charge is -2.42. The smallest absolute Gasteiger partial charge is 0.258 e. The van der Waals surface area contributed by atoms with Gasteiger partial charge in [0, 0.05) is 24.3 Å². The third-order valence-electron chi connectivity index (χ3n) is 3.41. The van der Waals surface area contributed by atoms with Crippen molar-refractivity contribution in [1.82, 2.24) is 4.31 Å². The van der Waals surface area contributed by atoms with Crippen LogP contribution >= 0.6 is 0 Å². The lowest BCUT2D eigenvalue weighted by atomic mass is 10.2. The van der Waals surface area contributed by atoms with E-state index in [1.54, 1.807) is 24.3 Å². The molecule has 0 aromatic heterocycles. The minimum Gasteiger partial charge on any atom is -0.399 e. The molecule has 2 rings (SSSR count). The Labute approximate surface area is 123 Å². The molecule has 1 aromatic carbocycles. The van der Waals surface area contributed by atoms with Gasteiger partial charge in [-0.05, 0) is 38.1 Å². The maximum Gasteiger partial charge on any atom is 0.258 e. The molecule has 0 unspecified atom stereocenters. The largest absolute Gasteiger partial charge is 0.399 e. The minimum atomic E-state index is -3.64. The lowest BCUT2D eigenvalue weighted by Crippen LogP contribution is -2.67. The summed E-state index contributed by atoms with van der Waals surface area (Å²) in [5.41, 5.74) is 6.67. The van der Waals surface area contributed by atoms with Crippen LogP contribution in [-0.4, -0.2) is 35.8 Å². The van der Waals surface area contributed by atoms with Crippen LogP contribution < -0.4 is 11.1 Å². The van der Waals surface area contributed by atoms with Crippen molar-refractivity contribution in [3.63, 3.8) is 0 Å². The van der Waals surface area contributed by atoms with Crippen LogP contribution in [0.15, 0.2) is 24.3 Å². The topological polar surface area (TPSA) is 110 Å². The average Bonchev–Trinajstić information content (AvgIpc) is 2.41. The van der Waals surface area contributed by atoms with Crippen molar-refractivity contribution < 1.29 is 18.0 Å². The van der Waals surface area contributed by atoms with E-state index in [1.807, 2.05) is 0 Å². The fraction of sp³-hybridized carbons (Fsp3) is 0.385. The molecule has 1 heterocycles. The summed E-state index contributed by atoms with van der Waals surface area (Å²) in [5, 5.41) is 2.61. The second kappa shape index (κ2) is 5.03. The lowest BCUT2D eigenvalue weighted by molar-refractivity contribution is -0.132. The van der Waals surface area contributed by atoms with Crippen molar-refractivity contribution in [3.8, 4) is 0 Å². The number of nitrogen functional groups attached to an aromatic ring is 1. The maximum absolute atomic E-state index is 11.8. The number of amides is 2. The molecule has 0 atom stereocenters. The highest BCUT2D eigenvalue weighted by atomic mass is 32.2. The van der Waals surface area contributed by atoms with Crippen molar-refractivity contribution in [3.05, 3.63) is 24.3 Å². The highest BCUT2D eigenvalue weighted by Gasteiger charge is 2.59. The molecule has 1 fully saturated rings. The Morgan fingerprint density at radius 1 is 1.29 bits per heavy atom. The fourth-order valence-corrected chi connectivity index (χ4v) is 3.50. The number of nitrogens with one attached hydrogen (secondary N) is 1. The van der Waals surface area contributed by atoms with Crippen molar-refractivity contribution in [2.24, 2.45) is 0 Å². The van der Waals surface area contributed by atoms with E-state index in [-0.39, 0.29) is 18.9 Å². The molecule has 1 aromatic rings. The van der Waals surface area contributed by atoms with E-state index in [9.17, 15) is 18.0 Å². The zero-order valence-electron chi connectivity index (χ0n) is 11.8. The molecule has 2 amide bonds. The predicted molar refractivity (Wildman–Crippen MR) is 78.8 cm³/mol. The first-order chi connectivity index (χ1) is 9.66. The van der Waals surface area contributed by atoms with E-state index in [4.69, 9.17) is 5.73 Å². The predicted octanol–water partition coefficient (Wildman–Crippen LogP) is 0.548. The number of benzene rings is 1. The SMILES string of the molecule is CC1(C)C(=O)N(CCC(=O)Nc2ccc(N)cc2)S1(=O)=O. The zero-order valence-corrected chi connectivity index (χ0v) is 12.6. The molecule has 7 nitrogen and oxygen atoms in total. The fourth-order valence-electron chi connectivity index (χ4n) is 1.97. The van der Waals surface area contributed by atoms with Crippen LogP contribution in [0.3, 0.4) is 0 Å². The van der Waals surface area contributed by atoms with Gasteiger partial charge in [0.05, 0.1) is 0 Å². The Kier molecular flexibility index (Phi) is 3.66. The molecule has 1 saturated heterocycles. The van der Waals surface area contributed by atoms with Crippen LogP contribution in [0.25, 0.3) is 0 Å². The number of carbonyl (C=O) groups is 2. The highest BCUT2D eigenvalue weighted by molar-refractivity contribution is 7.94. The summed E-state index contributed by atoms with van der Waals surface area (Å²) in [6, 6.07) is 6.56. The van der Waals surface area contributed by atoms with Gasteiger partial charge in [-0.25, -0.2) is 12.7 Å². The van der Waals surface area contributed by atoms with Gasteiger partial charge < -0.3 is 11.1 Å². The van der Waals surface area contributed by atoms with Crippen molar-refractivity contribution in [2.75, 3.05) is 17.6 Å². The Hall–Kier alpha value is -2.09. The van der Waals surface area contributed by atoms with Crippen molar-refractivity contribution in [2.45, 2.75) is 25.0 Å². The van der Waals surface area contributed by atoms with Gasteiger partial charge in [0.2, 0.25) is 5.91 Å². The van der Waals surface area contributed by atoms with Gasteiger partial charge in [-0.15, -0.1) is 0 Å². The summed E-state index contributed by atoms with van der Waals surface area (Å²) < 4.78 is 23.1. The normalized spacial score (nSPS) is 19.0. The molecule has 1 aliphatic rings. The van der Waals surface area contributed by atoms with Gasteiger partial charge in [0.25, 0.3) is 15.9 Å². The second-order valence-corrected chi connectivity index (χ2v) is 7.72. The number of hydrogen-bond donors (Lipinski definition) is 2. The molecule has 0 spiro atoms. The molecule has 0 saturated carbocycles. The number of hydrogen-bond acceptors (Lipinski definition) is 5. The molecule has 0 bridgehead atoms. The summed E-state index contributed by atoms with van der Waals surface area (Å²) in [6.45, 7) is 2.57. The van der Waals surface area contributed by atoms with Gasteiger partial charge >= 0.3 is 0 Å². The first kappa shape index (κ1) is 15.3. The van der Waals surface area contributed by atoms with E-state index in [0.29, 0.717) is 11.4 Å². The number of nitrogens with zero attached hydrogens (tertiary/aromatic N) is 1. The van der Waals surface area contributed by atoms with Gasteiger partial charge in [-0.1, -0.05) is 0 Å². The second-order valence-electron chi connectivity index (χ2n) is 5.31. The first-order valence-corrected chi connectivity index (χ1v) is 7.82. The van der Waals surface area contributed by atoms with E-state index in [0.717, 1.165) is 4.31 Å².